The van der Waals surface area contributed by atoms with Crippen LogP contribution >= 0.6 is 0 Å². The summed E-state index contributed by atoms with van der Waals surface area (Å²) in [5, 5.41) is 4.28. The summed E-state index contributed by atoms with van der Waals surface area (Å²) in [7, 11) is 0. The molecule has 3 aromatic heterocycles. The normalized spacial score (nSPS) is 11.5. The number of hydrogen-bond donors (Lipinski definition) is 0. The third-order valence-corrected chi connectivity index (χ3v) is 9.60. The Labute approximate surface area is 294 Å². The molecule has 0 bridgehead atoms. The van der Waals surface area contributed by atoms with Gasteiger partial charge in [0.2, 0.25) is 0 Å². The number of rotatable bonds is 5. The van der Waals surface area contributed by atoms with Crippen molar-refractivity contribution >= 4 is 43.6 Å². The Bertz CT molecular complexity index is 2880. The fourth-order valence-electron chi connectivity index (χ4n) is 7.21. The van der Waals surface area contributed by atoms with E-state index in [1.54, 1.807) is 0 Å². The maximum absolute atomic E-state index is 5.42. The molecule has 5 nitrogen and oxygen atoms in total. The first-order chi connectivity index (χ1) is 25.3. The van der Waals surface area contributed by atoms with Crippen molar-refractivity contribution in [3.8, 4) is 51.0 Å². The van der Waals surface area contributed by atoms with Crippen LogP contribution in [0.25, 0.3) is 94.6 Å². The van der Waals surface area contributed by atoms with Crippen LogP contribution in [0.15, 0.2) is 176 Å². The quantitative estimate of drug-likeness (QED) is 0.174. The van der Waals surface area contributed by atoms with Crippen molar-refractivity contribution < 1.29 is 0 Å². The fourth-order valence-corrected chi connectivity index (χ4v) is 7.21. The lowest BCUT2D eigenvalue weighted by Crippen LogP contribution is -1.97. The average Bonchev–Trinajstić information content (AvgIpc) is 3.61. The largest absolute Gasteiger partial charge is 0.292 e. The highest BCUT2D eigenvalue weighted by Gasteiger charge is 2.21. The van der Waals surface area contributed by atoms with Gasteiger partial charge in [-0.25, -0.2) is 19.9 Å². The molecule has 3 heterocycles. The number of imidazole rings is 1. The molecule has 51 heavy (non-hydrogen) atoms. The van der Waals surface area contributed by atoms with Gasteiger partial charge in [0.05, 0.1) is 33.5 Å². The topological polar surface area (TPSA) is 56.5 Å². The summed E-state index contributed by atoms with van der Waals surface area (Å²) in [6.45, 7) is 0. The van der Waals surface area contributed by atoms with E-state index in [0.717, 1.165) is 88.8 Å². The molecule has 0 atom stereocenters. The minimum Gasteiger partial charge on any atom is -0.292 e. The molecule has 0 N–H and O–H groups in total. The molecule has 0 aliphatic heterocycles. The maximum atomic E-state index is 5.42. The molecule has 0 unspecified atom stereocenters. The van der Waals surface area contributed by atoms with Gasteiger partial charge in [0, 0.05) is 44.1 Å². The van der Waals surface area contributed by atoms with Gasteiger partial charge in [-0.3, -0.25) is 4.57 Å². The number of aromatic nitrogens is 5. The monoisotopic (exact) mass is 651 g/mol. The Kier molecular flexibility index (Phi) is 6.74. The summed E-state index contributed by atoms with van der Waals surface area (Å²) >= 11 is 0. The van der Waals surface area contributed by atoms with Crippen LogP contribution in [-0.2, 0) is 0 Å². The Morgan fingerprint density at radius 1 is 0.353 bits per heavy atom. The highest BCUT2D eigenvalue weighted by molar-refractivity contribution is 6.20. The second-order valence-electron chi connectivity index (χ2n) is 12.7. The summed E-state index contributed by atoms with van der Waals surface area (Å²) in [4.78, 5) is 20.8. The van der Waals surface area contributed by atoms with Crippen LogP contribution in [0.5, 0.6) is 0 Å². The van der Waals surface area contributed by atoms with Crippen molar-refractivity contribution in [2.75, 3.05) is 0 Å². The van der Waals surface area contributed by atoms with Gasteiger partial charge in [-0.2, -0.15) is 0 Å². The van der Waals surface area contributed by atoms with E-state index in [1.807, 2.05) is 48.5 Å². The number of pyridine rings is 1. The average molecular weight is 652 g/mol. The number of nitrogens with zero attached hydrogens (tertiary/aromatic N) is 5. The zero-order valence-corrected chi connectivity index (χ0v) is 27.5. The summed E-state index contributed by atoms with van der Waals surface area (Å²) in [6, 6.07) is 60.6. The Morgan fingerprint density at radius 3 is 1.65 bits per heavy atom. The van der Waals surface area contributed by atoms with Gasteiger partial charge >= 0.3 is 0 Å². The van der Waals surface area contributed by atoms with Crippen molar-refractivity contribution in [1.82, 2.24) is 24.5 Å². The smallest absolute Gasteiger partial charge is 0.160 e. The summed E-state index contributed by atoms with van der Waals surface area (Å²) in [6.07, 6.45) is 0. The third kappa shape index (κ3) is 4.86. The van der Waals surface area contributed by atoms with Crippen LogP contribution in [0.1, 0.15) is 0 Å². The van der Waals surface area contributed by atoms with Crippen LogP contribution in [0, 0.1) is 0 Å². The van der Waals surface area contributed by atoms with Gasteiger partial charge < -0.3 is 0 Å². The van der Waals surface area contributed by atoms with Gasteiger partial charge in [0.15, 0.2) is 5.82 Å². The molecule has 10 aromatic rings. The molecule has 0 radical (unpaired) electrons. The Hall–Kier alpha value is -6.98. The van der Waals surface area contributed by atoms with E-state index in [2.05, 4.69) is 132 Å². The van der Waals surface area contributed by atoms with E-state index in [9.17, 15) is 0 Å². The highest BCUT2D eigenvalue weighted by Crippen LogP contribution is 2.40. The first kappa shape index (κ1) is 29.0. The van der Waals surface area contributed by atoms with Crippen molar-refractivity contribution in [2.45, 2.75) is 0 Å². The fraction of sp³-hybridized carbons (Fsp3) is 0. The van der Waals surface area contributed by atoms with Crippen LogP contribution in [-0.4, -0.2) is 24.5 Å². The lowest BCUT2D eigenvalue weighted by atomic mass is 9.98. The van der Waals surface area contributed by atoms with E-state index in [-0.39, 0.29) is 0 Å². The highest BCUT2D eigenvalue weighted by atomic mass is 15.1. The molecular formula is C46H29N5. The molecule has 0 fully saturated rings. The van der Waals surface area contributed by atoms with Crippen LogP contribution in [0.2, 0.25) is 0 Å². The molecule has 5 heteroatoms. The van der Waals surface area contributed by atoms with Crippen molar-refractivity contribution in [3.63, 3.8) is 0 Å². The molecule has 0 saturated heterocycles. The zero-order chi connectivity index (χ0) is 33.7. The second-order valence-corrected chi connectivity index (χ2v) is 12.7. The van der Waals surface area contributed by atoms with Crippen LogP contribution in [0.3, 0.4) is 0 Å². The van der Waals surface area contributed by atoms with Gasteiger partial charge in [-0.05, 0) is 35.7 Å². The number of benzene rings is 7. The zero-order valence-electron chi connectivity index (χ0n) is 27.5. The summed E-state index contributed by atoms with van der Waals surface area (Å²) in [5.74, 6) is 1.58. The van der Waals surface area contributed by atoms with Crippen molar-refractivity contribution in [1.29, 1.82) is 0 Å². The molecule has 0 saturated carbocycles. The summed E-state index contributed by atoms with van der Waals surface area (Å²) in [5.41, 5.74) is 10.7. The third-order valence-electron chi connectivity index (χ3n) is 9.60. The number of fused-ring (bicyclic) bond motifs is 6. The van der Waals surface area contributed by atoms with E-state index in [0.29, 0.717) is 5.82 Å². The Morgan fingerprint density at radius 2 is 0.922 bits per heavy atom. The predicted octanol–water partition coefficient (Wildman–Crippen LogP) is 11.3. The van der Waals surface area contributed by atoms with Crippen molar-refractivity contribution in [2.24, 2.45) is 0 Å². The SMILES string of the molecule is c1ccc(-c2nc(-c3ccc(-c4nc5ccccc5c5ccc6c(nc(-c7ccccc7)n6-c6ccccc6)c45)cc3)nc3ccccc23)cc1. The van der Waals surface area contributed by atoms with E-state index < -0.39 is 0 Å². The first-order valence-corrected chi connectivity index (χ1v) is 17.1. The molecule has 0 aliphatic rings. The van der Waals surface area contributed by atoms with Gasteiger partial charge in [0.1, 0.15) is 5.82 Å². The van der Waals surface area contributed by atoms with Gasteiger partial charge in [0.25, 0.3) is 0 Å². The molecule has 238 valence electrons. The number of para-hydroxylation sites is 3. The molecular weight excluding hydrogens is 623 g/mol. The maximum Gasteiger partial charge on any atom is 0.160 e. The lowest BCUT2D eigenvalue weighted by molar-refractivity contribution is 1.10. The van der Waals surface area contributed by atoms with E-state index in [4.69, 9.17) is 19.9 Å². The van der Waals surface area contributed by atoms with Gasteiger partial charge in [-0.15, -0.1) is 0 Å². The van der Waals surface area contributed by atoms with Crippen molar-refractivity contribution in [3.05, 3.63) is 176 Å². The van der Waals surface area contributed by atoms with Crippen LogP contribution < -0.4 is 0 Å². The predicted molar refractivity (Wildman–Crippen MR) is 209 cm³/mol. The molecule has 10 rings (SSSR count). The van der Waals surface area contributed by atoms with E-state index in [1.165, 1.54) is 0 Å². The standard InChI is InChI=1S/C46H29N5/c1-4-14-30(15-5-1)42-37-21-11-13-23-39(37)48-45(49-42)32-26-24-31(25-27-32)43-41-36(35-20-10-12-22-38(35)47-43)28-29-40-44(41)50-46(33-16-6-2-7-17-33)51(40)34-18-8-3-9-19-34/h1-29H. The molecule has 0 spiro atoms. The minimum absolute atomic E-state index is 0.687. The minimum atomic E-state index is 0.687. The van der Waals surface area contributed by atoms with Gasteiger partial charge in [-0.1, -0.05) is 146 Å². The Balaban J connectivity index is 1.20. The molecule has 0 amide bonds. The second kappa shape index (κ2) is 11.9. The van der Waals surface area contributed by atoms with E-state index >= 15 is 0 Å². The first-order valence-electron chi connectivity index (χ1n) is 17.1. The van der Waals surface area contributed by atoms with Crippen LogP contribution in [0.4, 0.5) is 0 Å². The summed E-state index contributed by atoms with van der Waals surface area (Å²) < 4.78 is 2.26. The molecule has 0 aliphatic carbocycles. The number of hydrogen-bond acceptors (Lipinski definition) is 4. The lowest BCUT2D eigenvalue weighted by Gasteiger charge is -2.13. The molecule has 7 aromatic carbocycles.